The molecule has 0 aromatic carbocycles. The zero-order valence-electron chi connectivity index (χ0n) is 8.26. The molecule has 3 nitrogen and oxygen atoms in total. The molecular formula is C10H13BrClN3. The second-order valence-corrected chi connectivity index (χ2v) is 4.94. The van der Waals surface area contributed by atoms with E-state index < -0.39 is 0 Å². The molecule has 0 unspecified atom stereocenters. The van der Waals surface area contributed by atoms with Gasteiger partial charge < -0.3 is 10.6 Å². The van der Waals surface area contributed by atoms with Crippen LogP contribution in [-0.4, -0.2) is 24.1 Å². The van der Waals surface area contributed by atoms with Crippen LogP contribution in [0, 0.1) is 0 Å². The topological polar surface area (TPSA) is 37.0 Å². The molecule has 0 radical (unpaired) electrons. The van der Waals surface area contributed by atoms with Gasteiger partial charge in [-0.15, -0.1) is 0 Å². The van der Waals surface area contributed by atoms with Gasteiger partial charge in [0.1, 0.15) is 5.82 Å². The van der Waals surface area contributed by atoms with Crippen LogP contribution in [0.25, 0.3) is 0 Å². The van der Waals surface area contributed by atoms with Crippen molar-refractivity contribution in [2.45, 2.75) is 18.9 Å². The van der Waals surface area contributed by atoms with Crippen molar-refractivity contribution in [1.29, 1.82) is 0 Å². The van der Waals surface area contributed by atoms with Crippen LogP contribution in [0.2, 0.25) is 5.02 Å². The fourth-order valence-corrected chi connectivity index (χ4v) is 2.43. The number of hydrogen-bond donors (Lipinski definition) is 2. The summed E-state index contributed by atoms with van der Waals surface area (Å²) in [5.41, 5.74) is 0. The van der Waals surface area contributed by atoms with E-state index in [-0.39, 0.29) is 0 Å². The van der Waals surface area contributed by atoms with Crippen LogP contribution in [0.4, 0.5) is 5.82 Å². The summed E-state index contributed by atoms with van der Waals surface area (Å²) in [5, 5.41) is 7.40. The third-order valence-electron chi connectivity index (χ3n) is 2.49. The van der Waals surface area contributed by atoms with Gasteiger partial charge in [-0.25, -0.2) is 4.98 Å². The Morgan fingerprint density at radius 1 is 1.47 bits per heavy atom. The highest BCUT2D eigenvalue weighted by Gasteiger charge is 2.14. The van der Waals surface area contributed by atoms with Gasteiger partial charge in [0, 0.05) is 12.2 Å². The molecule has 0 spiro atoms. The first-order valence-electron chi connectivity index (χ1n) is 5.04. The largest absolute Gasteiger partial charge is 0.366 e. The second kappa shape index (κ2) is 5.14. The summed E-state index contributed by atoms with van der Waals surface area (Å²) in [6.45, 7) is 2.14. The molecule has 5 heteroatoms. The van der Waals surface area contributed by atoms with Crippen molar-refractivity contribution in [1.82, 2.24) is 10.3 Å². The Labute approximate surface area is 103 Å². The van der Waals surface area contributed by atoms with Gasteiger partial charge in [-0.1, -0.05) is 11.6 Å². The number of nitrogens with zero attached hydrogens (tertiary/aromatic N) is 1. The SMILES string of the molecule is Clc1cnc(NC2CCNCC2)c(Br)c1. The minimum atomic E-state index is 0.510. The van der Waals surface area contributed by atoms with Crippen molar-refractivity contribution in [2.75, 3.05) is 18.4 Å². The Morgan fingerprint density at radius 2 is 2.20 bits per heavy atom. The van der Waals surface area contributed by atoms with Crippen molar-refractivity contribution < 1.29 is 0 Å². The number of halogens is 2. The van der Waals surface area contributed by atoms with Crippen LogP contribution >= 0.6 is 27.5 Å². The summed E-state index contributed by atoms with van der Waals surface area (Å²) in [6.07, 6.45) is 3.93. The van der Waals surface area contributed by atoms with Gasteiger partial charge in [-0.2, -0.15) is 0 Å². The normalized spacial score (nSPS) is 17.7. The lowest BCUT2D eigenvalue weighted by molar-refractivity contribution is 0.478. The minimum absolute atomic E-state index is 0.510. The van der Waals surface area contributed by atoms with Crippen LogP contribution < -0.4 is 10.6 Å². The van der Waals surface area contributed by atoms with Crippen molar-refractivity contribution in [3.05, 3.63) is 21.8 Å². The summed E-state index contributed by atoms with van der Waals surface area (Å²) in [7, 11) is 0. The number of anilines is 1. The van der Waals surface area contributed by atoms with E-state index in [0.717, 1.165) is 36.2 Å². The number of pyridine rings is 1. The Balaban J connectivity index is 2.03. The minimum Gasteiger partial charge on any atom is -0.366 e. The summed E-state index contributed by atoms with van der Waals surface area (Å²) >= 11 is 9.28. The Hall–Kier alpha value is -0.320. The molecule has 2 N–H and O–H groups in total. The molecule has 1 aliphatic rings. The van der Waals surface area contributed by atoms with Gasteiger partial charge in [0.2, 0.25) is 0 Å². The van der Waals surface area contributed by atoms with Gasteiger partial charge in [-0.3, -0.25) is 0 Å². The standard InChI is InChI=1S/C10H13BrClN3/c11-9-5-7(12)6-14-10(9)15-8-1-3-13-4-2-8/h5-6,8,13H,1-4H2,(H,14,15). The molecule has 1 aliphatic heterocycles. The number of piperidine rings is 1. The molecule has 15 heavy (non-hydrogen) atoms. The third-order valence-corrected chi connectivity index (χ3v) is 3.30. The van der Waals surface area contributed by atoms with E-state index in [4.69, 9.17) is 11.6 Å². The smallest absolute Gasteiger partial charge is 0.140 e. The lowest BCUT2D eigenvalue weighted by Crippen LogP contribution is -2.35. The first-order valence-corrected chi connectivity index (χ1v) is 6.21. The van der Waals surface area contributed by atoms with E-state index in [2.05, 4.69) is 31.5 Å². The first-order chi connectivity index (χ1) is 7.25. The molecule has 1 saturated heterocycles. The van der Waals surface area contributed by atoms with Crippen LogP contribution in [-0.2, 0) is 0 Å². The van der Waals surface area contributed by atoms with E-state index in [1.165, 1.54) is 0 Å². The lowest BCUT2D eigenvalue weighted by Gasteiger charge is -2.24. The molecule has 1 aromatic heterocycles. The quantitative estimate of drug-likeness (QED) is 0.879. The van der Waals surface area contributed by atoms with Crippen LogP contribution in [0.15, 0.2) is 16.7 Å². The van der Waals surface area contributed by atoms with Crippen LogP contribution in [0.3, 0.4) is 0 Å². The van der Waals surface area contributed by atoms with Crippen molar-refractivity contribution in [2.24, 2.45) is 0 Å². The van der Waals surface area contributed by atoms with E-state index in [0.29, 0.717) is 11.1 Å². The first kappa shape index (κ1) is 11.2. The number of rotatable bonds is 2. The van der Waals surface area contributed by atoms with E-state index in [1.54, 1.807) is 6.20 Å². The fourth-order valence-electron chi connectivity index (χ4n) is 1.68. The van der Waals surface area contributed by atoms with E-state index in [1.807, 2.05) is 6.07 Å². The Kier molecular flexibility index (Phi) is 3.83. The second-order valence-electron chi connectivity index (χ2n) is 3.65. The molecule has 1 aromatic rings. The van der Waals surface area contributed by atoms with Gasteiger partial charge in [0.25, 0.3) is 0 Å². The fraction of sp³-hybridized carbons (Fsp3) is 0.500. The molecule has 2 rings (SSSR count). The maximum Gasteiger partial charge on any atom is 0.140 e. The molecular weight excluding hydrogens is 277 g/mol. The highest BCUT2D eigenvalue weighted by molar-refractivity contribution is 9.10. The van der Waals surface area contributed by atoms with Gasteiger partial charge in [0.05, 0.1) is 9.50 Å². The average molecular weight is 291 g/mol. The van der Waals surface area contributed by atoms with Crippen molar-refractivity contribution >= 4 is 33.3 Å². The van der Waals surface area contributed by atoms with Gasteiger partial charge >= 0.3 is 0 Å². The summed E-state index contributed by atoms with van der Waals surface area (Å²) in [6, 6.07) is 2.37. The predicted octanol–water partition coefficient (Wildman–Crippen LogP) is 2.66. The predicted molar refractivity (Wildman–Crippen MR) is 66.5 cm³/mol. The molecule has 2 heterocycles. The number of aromatic nitrogens is 1. The van der Waals surface area contributed by atoms with Crippen LogP contribution in [0.5, 0.6) is 0 Å². The molecule has 0 atom stereocenters. The summed E-state index contributed by atoms with van der Waals surface area (Å²) in [5.74, 6) is 0.881. The van der Waals surface area contributed by atoms with E-state index in [9.17, 15) is 0 Å². The molecule has 0 saturated carbocycles. The maximum atomic E-state index is 5.83. The zero-order valence-corrected chi connectivity index (χ0v) is 10.6. The average Bonchev–Trinajstić information content (AvgIpc) is 2.24. The van der Waals surface area contributed by atoms with Crippen molar-refractivity contribution in [3.8, 4) is 0 Å². The molecule has 0 amide bonds. The zero-order chi connectivity index (χ0) is 10.7. The number of nitrogens with one attached hydrogen (secondary N) is 2. The molecule has 0 bridgehead atoms. The van der Waals surface area contributed by atoms with Gasteiger partial charge in [0.15, 0.2) is 0 Å². The molecule has 82 valence electrons. The summed E-state index contributed by atoms with van der Waals surface area (Å²) in [4.78, 5) is 4.26. The monoisotopic (exact) mass is 289 g/mol. The summed E-state index contributed by atoms with van der Waals surface area (Å²) < 4.78 is 0.925. The van der Waals surface area contributed by atoms with Crippen LogP contribution in [0.1, 0.15) is 12.8 Å². The maximum absolute atomic E-state index is 5.83. The van der Waals surface area contributed by atoms with Crippen molar-refractivity contribution in [3.63, 3.8) is 0 Å². The highest BCUT2D eigenvalue weighted by Crippen LogP contribution is 2.24. The Bertz CT molecular complexity index is 339. The van der Waals surface area contributed by atoms with E-state index >= 15 is 0 Å². The lowest BCUT2D eigenvalue weighted by atomic mass is 10.1. The molecule has 0 aliphatic carbocycles. The number of hydrogen-bond acceptors (Lipinski definition) is 3. The molecule has 1 fully saturated rings. The third kappa shape index (κ3) is 3.06. The van der Waals surface area contributed by atoms with Gasteiger partial charge in [-0.05, 0) is 47.9 Å². The Morgan fingerprint density at radius 3 is 2.87 bits per heavy atom. The highest BCUT2D eigenvalue weighted by atomic mass is 79.9.